The van der Waals surface area contributed by atoms with Gasteiger partial charge in [-0.2, -0.15) is 0 Å². The van der Waals surface area contributed by atoms with Crippen molar-refractivity contribution in [1.29, 1.82) is 0 Å². The zero-order valence-corrected chi connectivity index (χ0v) is 32.9. The van der Waals surface area contributed by atoms with Crippen LogP contribution < -0.4 is 0 Å². The second-order valence-electron chi connectivity index (χ2n) is 15.5. The van der Waals surface area contributed by atoms with Gasteiger partial charge in [-0.1, -0.05) is 164 Å². The quantitative estimate of drug-likeness (QED) is 0.157. The van der Waals surface area contributed by atoms with Gasteiger partial charge < -0.3 is 0 Å². The Morgan fingerprint density at radius 1 is 0.259 bits per heavy atom. The molecule has 0 N–H and O–H groups in total. The number of rotatable bonds is 3. The standard InChI is InChI=1S/C56H32S2/c1-2-14-34-31-36(26-25-33(34)13-1)51-40-19-7-9-21-42(40)52(43-22-10-8-20-41(43)51)44-27-28-45(39-18-6-5-17-38(39)44)53-37-16-4-3-15-35(37)32-47-55-50(58-56(47)53)30-29-49-54(55)46-23-11-12-24-48(46)57-49/h1-32H. The lowest BCUT2D eigenvalue weighted by atomic mass is 9.83. The van der Waals surface area contributed by atoms with Crippen LogP contribution in [-0.4, -0.2) is 0 Å². The van der Waals surface area contributed by atoms with E-state index in [1.807, 2.05) is 22.7 Å². The van der Waals surface area contributed by atoms with Crippen LogP contribution in [0.25, 0.3) is 128 Å². The zero-order valence-electron chi connectivity index (χ0n) is 31.3. The summed E-state index contributed by atoms with van der Waals surface area (Å²) in [4.78, 5) is 0. The van der Waals surface area contributed by atoms with E-state index >= 15 is 0 Å². The average molecular weight is 769 g/mol. The van der Waals surface area contributed by atoms with E-state index in [1.165, 1.54) is 128 Å². The van der Waals surface area contributed by atoms with Gasteiger partial charge in [-0.05, 0) is 112 Å². The van der Waals surface area contributed by atoms with Crippen LogP contribution >= 0.6 is 22.7 Å². The van der Waals surface area contributed by atoms with Gasteiger partial charge in [0.2, 0.25) is 0 Å². The Bertz CT molecular complexity index is 3800. The van der Waals surface area contributed by atoms with Crippen molar-refractivity contribution in [3.63, 3.8) is 0 Å². The maximum Gasteiger partial charge on any atom is 0.0440 e. The summed E-state index contributed by atoms with van der Waals surface area (Å²) in [6, 6.07) is 72.6. The summed E-state index contributed by atoms with van der Waals surface area (Å²) < 4.78 is 5.39. The SMILES string of the molecule is c1ccc2cc(-c3c4ccccc4c(-c4ccc(-c5c6ccccc6cc6c5sc5ccc7sc8ccccc8c7c56)c5ccccc45)c4ccccc34)ccc2c1. The molecule has 0 bridgehead atoms. The predicted molar refractivity (Wildman–Crippen MR) is 256 cm³/mol. The molecule has 0 saturated heterocycles. The number of hydrogen-bond acceptors (Lipinski definition) is 2. The van der Waals surface area contributed by atoms with Gasteiger partial charge in [0.1, 0.15) is 0 Å². The monoisotopic (exact) mass is 768 g/mol. The van der Waals surface area contributed by atoms with Crippen LogP contribution in [0.4, 0.5) is 0 Å². The van der Waals surface area contributed by atoms with Crippen LogP contribution in [0, 0.1) is 0 Å². The second kappa shape index (κ2) is 12.3. The molecule has 13 aromatic rings. The molecule has 2 heterocycles. The highest BCUT2D eigenvalue weighted by atomic mass is 32.1. The molecule has 0 radical (unpaired) electrons. The van der Waals surface area contributed by atoms with Gasteiger partial charge in [-0.25, -0.2) is 0 Å². The fourth-order valence-electron chi connectivity index (χ4n) is 9.96. The lowest BCUT2D eigenvalue weighted by Gasteiger charge is -2.20. The van der Waals surface area contributed by atoms with Gasteiger partial charge in [0, 0.05) is 45.9 Å². The number of benzene rings is 11. The predicted octanol–water partition coefficient (Wildman–Crippen LogP) is 17.2. The molecular formula is C56H32S2. The van der Waals surface area contributed by atoms with Crippen LogP contribution in [0.3, 0.4) is 0 Å². The first kappa shape index (κ1) is 32.3. The van der Waals surface area contributed by atoms with E-state index in [2.05, 4.69) is 194 Å². The Balaban J connectivity index is 1.12. The minimum absolute atomic E-state index is 1.24. The van der Waals surface area contributed by atoms with Crippen molar-refractivity contribution in [2.24, 2.45) is 0 Å². The van der Waals surface area contributed by atoms with Crippen LogP contribution in [0.15, 0.2) is 194 Å². The Morgan fingerprint density at radius 3 is 1.45 bits per heavy atom. The van der Waals surface area contributed by atoms with Gasteiger partial charge in [0.25, 0.3) is 0 Å². The lowest BCUT2D eigenvalue weighted by Crippen LogP contribution is -1.93. The molecule has 0 aliphatic heterocycles. The second-order valence-corrected chi connectivity index (χ2v) is 17.6. The highest BCUT2D eigenvalue weighted by Gasteiger charge is 2.22. The summed E-state index contributed by atoms with van der Waals surface area (Å²) in [5.74, 6) is 0. The fraction of sp³-hybridized carbons (Fsp3) is 0. The highest BCUT2D eigenvalue weighted by molar-refractivity contribution is 7.28. The summed E-state index contributed by atoms with van der Waals surface area (Å²) in [5.41, 5.74) is 7.68. The van der Waals surface area contributed by atoms with E-state index in [0.29, 0.717) is 0 Å². The molecule has 2 heteroatoms. The van der Waals surface area contributed by atoms with Crippen molar-refractivity contribution >= 4 is 117 Å². The number of hydrogen-bond donors (Lipinski definition) is 0. The Kier molecular flexibility index (Phi) is 6.86. The molecule has 11 aromatic carbocycles. The topological polar surface area (TPSA) is 0 Å². The largest absolute Gasteiger partial charge is 0.135 e. The van der Waals surface area contributed by atoms with Gasteiger partial charge in [-0.15, -0.1) is 22.7 Å². The number of thiophene rings is 2. The van der Waals surface area contributed by atoms with Gasteiger partial charge in [0.15, 0.2) is 0 Å². The Hall–Kier alpha value is -6.84. The normalized spacial score (nSPS) is 12.1. The molecule has 0 unspecified atom stereocenters. The van der Waals surface area contributed by atoms with Crippen molar-refractivity contribution in [1.82, 2.24) is 0 Å². The van der Waals surface area contributed by atoms with Crippen LogP contribution in [0.2, 0.25) is 0 Å². The Labute approximate surface area is 342 Å². The summed E-state index contributed by atoms with van der Waals surface area (Å²) in [7, 11) is 0. The molecule has 0 atom stereocenters. The molecular weight excluding hydrogens is 737 g/mol. The van der Waals surface area contributed by atoms with Crippen molar-refractivity contribution < 1.29 is 0 Å². The average Bonchev–Trinajstić information content (AvgIpc) is 3.85. The summed E-state index contributed by atoms with van der Waals surface area (Å²) in [6.45, 7) is 0. The maximum absolute atomic E-state index is 2.45. The van der Waals surface area contributed by atoms with Crippen molar-refractivity contribution in [3.05, 3.63) is 194 Å². The first-order valence-corrected chi connectivity index (χ1v) is 21.6. The van der Waals surface area contributed by atoms with E-state index in [-0.39, 0.29) is 0 Å². The first-order valence-electron chi connectivity index (χ1n) is 19.9. The summed E-state index contributed by atoms with van der Waals surface area (Å²) in [6.07, 6.45) is 0. The molecule has 0 aliphatic rings. The molecule has 0 fully saturated rings. The van der Waals surface area contributed by atoms with Gasteiger partial charge in [0.05, 0.1) is 0 Å². The smallest absolute Gasteiger partial charge is 0.0440 e. The summed E-state index contributed by atoms with van der Waals surface area (Å²) >= 11 is 3.84. The van der Waals surface area contributed by atoms with Crippen molar-refractivity contribution in [3.8, 4) is 33.4 Å². The molecule has 58 heavy (non-hydrogen) atoms. The Morgan fingerprint density at radius 2 is 0.759 bits per heavy atom. The fourth-order valence-corrected chi connectivity index (χ4v) is 12.3. The van der Waals surface area contributed by atoms with Crippen molar-refractivity contribution in [2.45, 2.75) is 0 Å². The van der Waals surface area contributed by atoms with Gasteiger partial charge >= 0.3 is 0 Å². The molecule has 0 amide bonds. The maximum atomic E-state index is 2.45. The third kappa shape index (κ3) is 4.56. The van der Waals surface area contributed by atoms with Crippen LogP contribution in [-0.2, 0) is 0 Å². The third-order valence-electron chi connectivity index (χ3n) is 12.4. The van der Waals surface area contributed by atoms with E-state index in [4.69, 9.17) is 0 Å². The molecule has 268 valence electrons. The minimum Gasteiger partial charge on any atom is -0.135 e. The molecule has 0 nitrogen and oxygen atoms in total. The zero-order chi connectivity index (χ0) is 37.9. The first-order chi connectivity index (χ1) is 28.8. The highest BCUT2D eigenvalue weighted by Crippen LogP contribution is 2.52. The molecule has 13 rings (SSSR count). The third-order valence-corrected chi connectivity index (χ3v) is 14.7. The van der Waals surface area contributed by atoms with E-state index < -0.39 is 0 Å². The van der Waals surface area contributed by atoms with E-state index in [0.717, 1.165) is 0 Å². The number of fused-ring (bicyclic) bond motifs is 12. The molecule has 0 aliphatic carbocycles. The van der Waals surface area contributed by atoms with Gasteiger partial charge in [-0.3, -0.25) is 0 Å². The molecule has 0 spiro atoms. The minimum atomic E-state index is 1.24. The van der Waals surface area contributed by atoms with Crippen molar-refractivity contribution in [2.75, 3.05) is 0 Å². The van der Waals surface area contributed by atoms with Crippen LogP contribution in [0.5, 0.6) is 0 Å². The van der Waals surface area contributed by atoms with E-state index in [1.54, 1.807) is 0 Å². The van der Waals surface area contributed by atoms with Crippen LogP contribution in [0.1, 0.15) is 0 Å². The lowest BCUT2D eigenvalue weighted by molar-refractivity contribution is 1.68. The molecule has 2 aromatic heterocycles. The molecule has 0 saturated carbocycles. The summed E-state index contributed by atoms with van der Waals surface area (Å²) in [5, 5.41) is 18.2. The van der Waals surface area contributed by atoms with E-state index in [9.17, 15) is 0 Å².